The molecule has 1 amide bonds. The Morgan fingerprint density at radius 1 is 1.17 bits per heavy atom. The van der Waals surface area contributed by atoms with Gasteiger partial charge in [0.25, 0.3) is 5.91 Å². The van der Waals surface area contributed by atoms with Crippen molar-refractivity contribution in [2.24, 2.45) is 0 Å². The van der Waals surface area contributed by atoms with Crippen LogP contribution in [0.2, 0.25) is 0 Å². The van der Waals surface area contributed by atoms with E-state index in [-0.39, 0.29) is 11.7 Å². The van der Waals surface area contributed by atoms with Crippen LogP contribution >= 0.6 is 0 Å². The minimum Gasteiger partial charge on any atom is -0.492 e. The quantitative estimate of drug-likeness (QED) is 0.619. The normalized spacial score (nSPS) is 15.1. The first kappa shape index (κ1) is 19.9. The van der Waals surface area contributed by atoms with Gasteiger partial charge in [-0.15, -0.1) is 0 Å². The number of ether oxygens (including phenoxy) is 1. The Hall–Kier alpha value is -3.40. The van der Waals surface area contributed by atoms with Gasteiger partial charge in [0, 0.05) is 23.9 Å². The number of nitrogens with one attached hydrogen (secondary N) is 1. The molecule has 0 spiro atoms. The standard InChI is InChI=1S/C20H21N5O4S/c26-20(16-5-7-18(8-6-16)25-9-2-12-30(25,27)28)23-17-3-1-4-19(13-17)29-11-10-24-15-21-14-22-24/h1,3-8,13-15H,2,9-12H2,(H,23,26). The topological polar surface area (TPSA) is 106 Å². The monoisotopic (exact) mass is 427 g/mol. The van der Waals surface area contributed by atoms with Crippen molar-refractivity contribution in [2.75, 3.05) is 28.5 Å². The molecule has 0 saturated carbocycles. The number of carbonyl (C=O) groups is 1. The van der Waals surface area contributed by atoms with Crippen LogP contribution < -0.4 is 14.4 Å². The van der Waals surface area contributed by atoms with Crippen LogP contribution in [0.1, 0.15) is 16.8 Å². The van der Waals surface area contributed by atoms with Crippen LogP contribution in [0.4, 0.5) is 11.4 Å². The Labute approximate surface area is 174 Å². The maximum Gasteiger partial charge on any atom is 0.255 e. The van der Waals surface area contributed by atoms with Crippen LogP contribution in [0.25, 0.3) is 0 Å². The van der Waals surface area contributed by atoms with Gasteiger partial charge in [0.1, 0.15) is 25.0 Å². The molecule has 3 aromatic rings. The molecule has 30 heavy (non-hydrogen) atoms. The van der Waals surface area contributed by atoms with Gasteiger partial charge in [-0.05, 0) is 42.8 Å². The van der Waals surface area contributed by atoms with Crippen molar-refractivity contribution in [3.05, 3.63) is 66.7 Å². The molecule has 9 nitrogen and oxygen atoms in total. The number of benzene rings is 2. The smallest absolute Gasteiger partial charge is 0.255 e. The molecule has 1 saturated heterocycles. The van der Waals surface area contributed by atoms with Gasteiger partial charge in [0.15, 0.2) is 0 Å². The zero-order chi connectivity index (χ0) is 21.0. The van der Waals surface area contributed by atoms with Crippen molar-refractivity contribution in [3.8, 4) is 5.75 Å². The fraction of sp³-hybridized carbons (Fsp3) is 0.250. The van der Waals surface area contributed by atoms with Gasteiger partial charge in [-0.1, -0.05) is 6.07 Å². The molecule has 0 unspecified atom stereocenters. The first-order chi connectivity index (χ1) is 14.5. The van der Waals surface area contributed by atoms with Crippen LogP contribution in [0, 0.1) is 0 Å². The second-order valence-corrected chi connectivity index (χ2v) is 8.79. The number of aromatic nitrogens is 3. The third-order valence-corrected chi connectivity index (χ3v) is 6.53. The van der Waals surface area contributed by atoms with Crippen LogP contribution in [0.3, 0.4) is 0 Å². The highest BCUT2D eigenvalue weighted by Crippen LogP contribution is 2.24. The predicted octanol–water partition coefficient (Wildman–Crippen LogP) is 2.15. The van der Waals surface area contributed by atoms with E-state index in [4.69, 9.17) is 4.74 Å². The third kappa shape index (κ3) is 4.60. The summed E-state index contributed by atoms with van der Waals surface area (Å²) in [5.74, 6) is 0.500. The van der Waals surface area contributed by atoms with Crippen molar-refractivity contribution in [2.45, 2.75) is 13.0 Å². The molecule has 1 aromatic heterocycles. The van der Waals surface area contributed by atoms with Gasteiger partial charge in [-0.2, -0.15) is 5.10 Å². The number of amides is 1. The Morgan fingerprint density at radius 3 is 2.70 bits per heavy atom. The van der Waals surface area contributed by atoms with E-state index in [9.17, 15) is 13.2 Å². The lowest BCUT2D eigenvalue weighted by molar-refractivity contribution is 0.102. The Bertz CT molecular complexity index is 1110. The second-order valence-electron chi connectivity index (χ2n) is 6.78. The third-order valence-electron chi connectivity index (χ3n) is 4.66. The van der Waals surface area contributed by atoms with Crippen molar-refractivity contribution in [1.29, 1.82) is 0 Å². The Balaban J connectivity index is 1.36. The minimum atomic E-state index is -3.24. The minimum absolute atomic E-state index is 0.159. The van der Waals surface area contributed by atoms with Crippen LogP contribution in [-0.2, 0) is 16.6 Å². The van der Waals surface area contributed by atoms with E-state index in [1.54, 1.807) is 53.5 Å². The molecule has 1 fully saturated rings. The van der Waals surface area contributed by atoms with Crippen LogP contribution in [0.15, 0.2) is 61.2 Å². The molecule has 0 bridgehead atoms. The average molecular weight is 427 g/mol. The molecule has 2 heterocycles. The molecule has 1 N–H and O–H groups in total. The number of carbonyl (C=O) groups excluding carboxylic acids is 1. The summed E-state index contributed by atoms with van der Waals surface area (Å²) >= 11 is 0. The Morgan fingerprint density at radius 2 is 2.00 bits per heavy atom. The van der Waals surface area contributed by atoms with E-state index >= 15 is 0 Å². The van der Waals surface area contributed by atoms with Gasteiger partial charge in [0.05, 0.1) is 18.0 Å². The number of sulfonamides is 1. The molecular weight excluding hydrogens is 406 g/mol. The molecule has 0 atom stereocenters. The van der Waals surface area contributed by atoms with Gasteiger partial charge < -0.3 is 10.1 Å². The number of anilines is 2. The molecule has 2 aromatic carbocycles. The lowest BCUT2D eigenvalue weighted by Crippen LogP contribution is -2.25. The summed E-state index contributed by atoms with van der Waals surface area (Å²) in [4.78, 5) is 16.4. The highest BCUT2D eigenvalue weighted by Gasteiger charge is 2.28. The van der Waals surface area contributed by atoms with E-state index < -0.39 is 10.0 Å². The maximum atomic E-state index is 12.6. The number of hydrogen-bond acceptors (Lipinski definition) is 6. The fourth-order valence-electron chi connectivity index (χ4n) is 3.18. The lowest BCUT2D eigenvalue weighted by atomic mass is 10.2. The largest absolute Gasteiger partial charge is 0.492 e. The van der Waals surface area contributed by atoms with Crippen molar-refractivity contribution in [1.82, 2.24) is 14.8 Å². The molecule has 1 aliphatic heterocycles. The molecule has 10 heteroatoms. The lowest BCUT2D eigenvalue weighted by Gasteiger charge is -2.17. The van der Waals surface area contributed by atoms with Gasteiger partial charge in [-0.3, -0.25) is 9.10 Å². The van der Waals surface area contributed by atoms with Gasteiger partial charge in [-0.25, -0.2) is 18.1 Å². The zero-order valence-corrected chi connectivity index (χ0v) is 17.0. The fourth-order valence-corrected chi connectivity index (χ4v) is 4.75. The zero-order valence-electron chi connectivity index (χ0n) is 16.1. The molecule has 4 rings (SSSR count). The van der Waals surface area contributed by atoms with E-state index in [0.29, 0.717) is 48.8 Å². The van der Waals surface area contributed by atoms with E-state index in [2.05, 4.69) is 15.4 Å². The summed E-state index contributed by atoms with van der Waals surface area (Å²) in [7, 11) is -3.24. The molecule has 1 aliphatic rings. The maximum absolute atomic E-state index is 12.6. The highest BCUT2D eigenvalue weighted by atomic mass is 32.2. The number of nitrogens with zero attached hydrogens (tertiary/aromatic N) is 4. The summed E-state index contributed by atoms with van der Waals surface area (Å²) in [5, 5.41) is 6.84. The van der Waals surface area contributed by atoms with Crippen molar-refractivity contribution in [3.63, 3.8) is 0 Å². The molecular formula is C20H21N5O4S. The second kappa shape index (κ2) is 8.54. The first-order valence-electron chi connectivity index (χ1n) is 9.48. The van der Waals surface area contributed by atoms with Gasteiger partial charge in [0.2, 0.25) is 10.0 Å². The SMILES string of the molecule is O=C(Nc1cccc(OCCn2cncn2)c1)c1ccc(N2CCCS2(=O)=O)cc1. The summed E-state index contributed by atoms with van der Waals surface area (Å²) in [6.07, 6.45) is 3.69. The molecule has 156 valence electrons. The number of hydrogen-bond donors (Lipinski definition) is 1. The van der Waals surface area contributed by atoms with Gasteiger partial charge >= 0.3 is 0 Å². The number of rotatable bonds is 7. The highest BCUT2D eigenvalue weighted by molar-refractivity contribution is 7.93. The van der Waals surface area contributed by atoms with Crippen LogP contribution in [0.5, 0.6) is 5.75 Å². The summed E-state index contributed by atoms with van der Waals surface area (Å²) in [6.45, 7) is 1.45. The van der Waals surface area contributed by atoms with Crippen LogP contribution in [-0.4, -0.2) is 48.0 Å². The van der Waals surface area contributed by atoms with E-state index in [1.165, 1.54) is 10.6 Å². The Kier molecular flexibility index (Phi) is 5.66. The summed E-state index contributed by atoms with van der Waals surface area (Å²) in [6, 6.07) is 13.7. The first-order valence-corrected chi connectivity index (χ1v) is 11.1. The average Bonchev–Trinajstić information content (AvgIpc) is 3.37. The summed E-state index contributed by atoms with van der Waals surface area (Å²) < 4.78 is 32.8. The van der Waals surface area contributed by atoms with Crippen molar-refractivity contribution < 1.29 is 17.9 Å². The van der Waals surface area contributed by atoms with E-state index in [1.807, 2.05) is 6.07 Å². The van der Waals surface area contributed by atoms with Crippen molar-refractivity contribution >= 4 is 27.3 Å². The predicted molar refractivity (Wildman–Crippen MR) is 112 cm³/mol. The molecule has 0 radical (unpaired) electrons. The molecule has 0 aliphatic carbocycles. The summed E-state index contributed by atoms with van der Waals surface area (Å²) in [5.41, 5.74) is 1.61. The van der Waals surface area contributed by atoms with E-state index in [0.717, 1.165) is 0 Å².